The van der Waals surface area contributed by atoms with Crippen LogP contribution in [-0.2, 0) is 4.79 Å². The van der Waals surface area contributed by atoms with Crippen LogP contribution >= 0.6 is 0 Å². The molecule has 1 atom stereocenters. The molecule has 0 spiro atoms. The number of amides is 1. The van der Waals surface area contributed by atoms with Crippen molar-refractivity contribution in [2.24, 2.45) is 0 Å². The summed E-state index contributed by atoms with van der Waals surface area (Å²) >= 11 is 0. The molecule has 2 N–H and O–H groups in total. The molecule has 8 nitrogen and oxygen atoms in total. The summed E-state index contributed by atoms with van der Waals surface area (Å²) in [5.41, 5.74) is 0.967. The van der Waals surface area contributed by atoms with Crippen LogP contribution < -0.4 is 15.5 Å². The largest absolute Gasteiger partial charge is 0.376 e. The Kier molecular flexibility index (Phi) is 5.29. The molecule has 0 aliphatic carbocycles. The maximum absolute atomic E-state index is 12.0. The third kappa shape index (κ3) is 4.18. The lowest BCUT2D eigenvalue weighted by molar-refractivity contribution is -0.124. The van der Waals surface area contributed by atoms with Gasteiger partial charge in [0.15, 0.2) is 5.82 Å². The first-order valence-corrected chi connectivity index (χ1v) is 7.08. The molecule has 0 aromatic carbocycles. The van der Waals surface area contributed by atoms with Gasteiger partial charge in [-0.1, -0.05) is 0 Å². The molecular weight excluding hydrogens is 282 g/mol. The second-order valence-corrected chi connectivity index (χ2v) is 5.07. The second kappa shape index (κ2) is 7.39. The SMILES string of the molecule is CC(C(=O)NCCNc1cc(N(C)C)cnn1)n1cccn1. The first-order chi connectivity index (χ1) is 10.6. The lowest BCUT2D eigenvalue weighted by Crippen LogP contribution is -2.34. The molecule has 22 heavy (non-hydrogen) atoms. The van der Waals surface area contributed by atoms with Crippen molar-refractivity contribution in [2.75, 3.05) is 37.4 Å². The number of aromatic nitrogens is 4. The number of carbonyl (C=O) groups excluding carboxylic acids is 1. The molecule has 0 saturated heterocycles. The van der Waals surface area contributed by atoms with Gasteiger partial charge in [0, 0.05) is 45.6 Å². The second-order valence-electron chi connectivity index (χ2n) is 5.07. The van der Waals surface area contributed by atoms with E-state index in [4.69, 9.17) is 0 Å². The highest BCUT2D eigenvalue weighted by atomic mass is 16.2. The van der Waals surface area contributed by atoms with Gasteiger partial charge in [0.05, 0.1) is 11.9 Å². The summed E-state index contributed by atoms with van der Waals surface area (Å²) in [7, 11) is 3.88. The van der Waals surface area contributed by atoms with E-state index in [9.17, 15) is 4.79 Å². The lowest BCUT2D eigenvalue weighted by Gasteiger charge is -2.14. The average Bonchev–Trinajstić information content (AvgIpc) is 3.05. The number of nitrogens with one attached hydrogen (secondary N) is 2. The van der Waals surface area contributed by atoms with E-state index in [0.717, 1.165) is 5.69 Å². The van der Waals surface area contributed by atoms with Crippen LogP contribution in [-0.4, -0.2) is 53.1 Å². The van der Waals surface area contributed by atoms with Gasteiger partial charge in [-0.25, -0.2) is 0 Å². The van der Waals surface area contributed by atoms with Crippen LogP contribution in [0, 0.1) is 0 Å². The fraction of sp³-hybridized carbons (Fsp3) is 0.429. The Hall–Kier alpha value is -2.64. The number of carbonyl (C=O) groups is 1. The van der Waals surface area contributed by atoms with Crippen molar-refractivity contribution in [3.05, 3.63) is 30.7 Å². The number of hydrogen-bond acceptors (Lipinski definition) is 6. The highest BCUT2D eigenvalue weighted by Crippen LogP contribution is 2.12. The Labute approximate surface area is 129 Å². The normalized spacial score (nSPS) is 11.8. The van der Waals surface area contributed by atoms with Crippen LogP contribution in [0.4, 0.5) is 11.5 Å². The molecule has 0 aliphatic heterocycles. The molecule has 2 heterocycles. The van der Waals surface area contributed by atoms with Crippen LogP contribution in [0.1, 0.15) is 13.0 Å². The molecule has 0 saturated carbocycles. The molecule has 1 amide bonds. The molecule has 8 heteroatoms. The Morgan fingerprint density at radius 3 is 2.91 bits per heavy atom. The number of hydrogen-bond donors (Lipinski definition) is 2. The summed E-state index contributed by atoms with van der Waals surface area (Å²) in [6.07, 6.45) is 5.12. The van der Waals surface area contributed by atoms with Crippen LogP contribution in [0.5, 0.6) is 0 Å². The van der Waals surface area contributed by atoms with E-state index in [1.54, 1.807) is 29.3 Å². The van der Waals surface area contributed by atoms with E-state index >= 15 is 0 Å². The van der Waals surface area contributed by atoms with Crippen molar-refractivity contribution in [1.29, 1.82) is 0 Å². The fourth-order valence-electron chi connectivity index (χ4n) is 1.84. The molecule has 0 bridgehead atoms. The standard InChI is InChI=1S/C14H21N7O/c1-11(21-8-4-5-18-21)14(22)16-7-6-15-13-9-12(20(2)3)10-17-19-13/h4-5,8-11H,6-7H2,1-3H3,(H,15,19)(H,16,22). The Morgan fingerprint density at radius 2 is 2.23 bits per heavy atom. The van der Waals surface area contributed by atoms with Gasteiger partial charge < -0.3 is 15.5 Å². The zero-order valence-electron chi connectivity index (χ0n) is 13.0. The van der Waals surface area contributed by atoms with E-state index in [1.807, 2.05) is 32.0 Å². The summed E-state index contributed by atoms with van der Waals surface area (Å²) in [5.74, 6) is 0.610. The predicted molar refractivity (Wildman–Crippen MR) is 84.8 cm³/mol. The van der Waals surface area contributed by atoms with Crippen LogP contribution in [0.2, 0.25) is 0 Å². The van der Waals surface area contributed by atoms with E-state index in [-0.39, 0.29) is 11.9 Å². The summed E-state index contributed by atoms with van der Waals surface area (Å²) in [6.45, 7) is 2.88. The average molecular weight is 303 g/mol. The zero-order chi connectivity index (χ0) is 15.9. The highest BCUT2D eigenvalue weighted by Gasteiger charge is 2.13. The third-order valence-electron chi connectivity index (χ3n) is 3.19. The van der Waals surface area contributed by atoms with Crippen LogP contribution in [0.15, 0.2) is 30.7 Å². The molecule has 2 aromatic rings. The van der Waals surface area contributed by atoms with E-state index < -0.39 is 0 Å². The van der Waals surface area contributed by atoms with Crippen molar-refractivity contribution in [2.45, 2.75) is 13.0 Å². The summed E-state index contributed by atoms with van der Waals surface area (Å²) in [6, 6.07) is 3.37. The first-order valence-electron chi connectivity index (χ1n) is 7.08. The minimum Gasteiger partial charge on any atom is -0.376 e. The summed E-state index contributed by atoms with van der Waals surface area (Å²) in [4.78, 5) is 13.9. The number of nitrogens with zero attached hydrogens (tertiary/aromatic N) is 5. The van der Waals surface area contributed by atoms with Gasteiger partial charge in [-0.2, -0.15) is 10.2 Å². The Morgan fingerprint density at radius 1 is 1.41 bits per heavy atom. The molecule has 1 unspecified atom stereocenters. The van der Waals surface area contributed by atoms with E-state index in [0.29, 0.717) is 18.9 Å². The molecule has 2 aromatic heterocycles. The van der Waals surface area contributed by atoms with Crippen molar-refractivity contribution in [3.63, 3.8) is 0 Å². The van der Waals surface area contributed by atoms with Gasteiger partial charge in [0.25, 0.3) is 0 Å². The van der Waals surface area contributed by atoms with Crippen LogP contribution in [0.25, 0.3) is 0 Å². The molecule has 0 radical (unpaired) electrons. The first kappa shape index (κ1) is 15.7. The highest BCUT2D eigenvalue weighted by molar-refractivity contribution is 5.79. The van der Waals surface area contributed by atoms with Crippen molar-refractivity contribution in [3.8, 4) is 0 Å². The van der Waals surface area contributed by atoms with E-state index in [2.05, 4.69) is 25.9 Å². The Balaban J connectivity index is 1.75. The fourth-order valence-corrected chi connectivity index (χ4v) is 1.84. The smallest absolute Gasteiger partial charge is 0.244 e. The van der Waals surface area contributed by atoms with Gasteiger partial charge in [-0.05, 0) is 13.0 Å². The molecule has 0 fully saturated rings. The molecule has 0 aliphatic rings. The van der Waals surface area contributed by atoms with E-state index in [1.165, 1.54) is 0 Å². The number of anilines is 2. The van der Waals surface area contributed by atoms with Gasteiger partial charge in [0.1, 0.15) is 6.04 Å². The number of rotatable bonds is 7. The topological polar surface area (TPSA) is 88.0 Å². The van der Waals surface area contributed by atoms with Crippen molar-refractivity contribution >= 4 is 17.4 Å². The van der Waals surface area contributed by atoms with Gasteiger partial charge in [-0.15, -0.1) is 5.10 Å². The quantitative estimate of drug-likeness (QED) is 0.725. The third-order valence-corrected chi connectivity index (χ3v) is 3.19. The molecule has 118 valence electrons. The van der Waals surface area contributed by atoms with Gasteiger partial charge >= 0.3 is 0 Å². The van der Waals surface area contributed by atoms with Crippen molar-refractivity contribution in [1.82, 2.24) is 25.3 Å². The summed E-state index contributed by atoms with van der Waals surface area (Å²) in [5, 5.41) is 18.0. The minimum atomic E-state index is -0.327. The Bertz CT molecular complexity index is 597. The minimum absolute atomic E-state index is 0.0707. The molecule has 2 rings (SSSR count). The lowest BCUT2D eigenvalue weighted by atomic mass is 10.3. The zero-order valence-corrected chi connectivity index (χ0v) is 13.0. The maximum Gasteiger partial charge on any atom is 0.244 e. The van der Waals surface area contributed by atoms with Crippen LogP contribution in [0.3, 0.4) is 0 Å². The summed E-state index contributed by atoms with van der Waals surface area (Å²) < 4.78 is 1.62. The van der Waals surface area contributed by atoms with Crippen molar-refractivity contribution < 1.29 is 4.79 Å². The predicted octanol–water partition coefficient (Wildman–Crippen LogP) is 0.528. The maximum atomic E-state index is 12.0. The monoisotopic (exact) mass is 303 g/mol. The van der Waals surface area contributed by atoms with Gasteiger partial charge in [-0.3, -0.25) is 9.48 Å². The molecular formula is C14H21N7O. The van der Waals surface area contributed by atoms with Gasteiger partial charge in [0.2, 0.25) is 5.91 Å².